The van der Waals surface area contributed by atoms with Crippen molar-refractivity contribution in [3.8, 4) is 11.5 Å². The van der Waals surface area contributed by atoms with Gasteiger partial charge >= 0.3 is 0 Å². The van der Waals surface area contributed by atoms with Crippen LogP contribution in [-0.4, -0.2) is 97.2 Å². The summed E-state index contributed by atoms with van der Waals surface area (Å²) in [6, 6.07) is 14.9. The summed E-state index contributed by atoms with van der Waals surface area (Å²) in [6.07, 6.45) is 12.6. The zero-order chi connectivity index (χ0) is 31.9. The molecule has 5 N–H and O–H groups in total. The van der Waals surface area contributed by atoms with Crippen LogP contribution in [-0.2, 0) is 0 Å². The normalized spacial score (nSPS) is 14.4. The fraction of sp³-hybridized carbons (Fsp3) is 0.543. The summed E-state index contributed by atoms with van der Waals surface area (Å²) in [4.78, 5) is 1.81. The average Bonchev–Trinajstić information content (AvgIpc) is 3.01. The summed E-state index contributed by atoms with van der Waals surface area (Å²) in [5.41, 5.74) is 1.98. The highest BCUT2D eigenvalue weighted by atomic mass is 16.5. The fourth-order valence-electron chi connectivity index (χ4n) is 4.06. The summed E-state index contributed by atoms with van der Waals surface area (Å²) < 4.78 is 11.3. The van der Waals surface area contributed by atoms with Crippen molar-refractivity contribution in [3.05, 3.63) is 71.8 Å². The number of hydrogen-bond acceptors (Lipinski definition) is 8. The van der Waals surface area contributed by atoms with Crippen LogP contribution in [0.2, 0.25) is 0 Å². The van der Waals surface area contributed by atoms with Crippen LogP contribution < -0.4 is 14.8 Å². The molecule has 0 aliphatic heterocycles. The molecule has 2 rings (SSSR count). The Labute approximate surface area is 259 Å². The third-order valence-electron chi connectivity index (χ3n) is 6.99. The third-order valence-corrected chi connectivity index (χ3v) is 6.99. The van der Waals surface area contributed by atoms with E-state index in [2.05, 4.69) is 19.2 Å². The minimum Gasteiger partial charge on any atom is -0.494 e. The number of nitrogens with zero attached hydrogens (tertiary/aromatic N) is 1. The predicted octanol–water partition coefficient (Wildman–Crippen LogP) is 4.76. The third kappa shape index (κ3) is 16.6. The van der Waals surface area contributed by atoms with Gasteiger partial charge in [0.2, 0.25) is 0 Å². The molecule has 0 aliphatic rings. The van der Waals surface area contributed by atoms with E-state index in [1.165, 1.54) is 25.7 Å². The monoisotopic (exact) mass is 600 g/mol. The largest absolute Gasteiger partial charge is 0.494 e. The Balaban J connectivity index is 0.000000430. The summed E-state index contributed by atoms with van der Waals surface area (Å²) in [5.74, 6) is 1.74. The van der Waals surface area contributed by atoms with Gasteiger partial charge in [-0.3, -0.25) is 0 Å². The molecule has 8 nitrogen and oxygen atoms in total. The molecule has 0 unspecified atom stereocenters. The highest BCUT2D eigenvalue weighted by molar-refractivity contribution is 5.52. The molecule has 0 amide bonds. The van der Waals surface area contributed by atoms with Crippen molar-refractivity contribution in [2.45, 2.75) is 76.7 Å². The Kier molecular flexibility index (Phi) is 21.1. The van der Waals surface area contributed by atoms with Crippen LogP contribution in [0.25, 0.3) is 12.2 Å². The molecule has 0 aliphatic carbocycles. The SMILES string of the molecule is CCCCCOc1ccc(/C=C/[C@H](O)[C@@H](CO)N(C)C)cc1.CCCCCOc1ccc(/C=C/[C@H](O)[C@@H](CO)NC)cc1. The Morgan fingerprint density at radius 1 is 0.698 bits per heavy atom. The van der Waals surface area contributed by atoms with Gasteiger partial charge in [-0.25, -0.2) is 0 Å². The first-order valence-electron chi connectivity index (χ1n) is 15.5. The molecule has 0 heterocycles. The molecule has 0 radical (unpaired) electrons. The van der Waals surface area contributed by atoms with Crippen molar-refractivity contribution in [2.75, 3.05) is 47.6 Å². The van der Waals surface area contributed by atoms with Gasteiger partial charge in [0.1, 0.15) is 11.5 Å². The number of rotatable bonds is 20. The van der Waals surface area contributed by atoms with E-state index >= 15 is 0 Å². The van der Waals surface area contributed by atoms with E-state index in [1.54, 1.807) is 19.2 Å². The second-order valence-corrected chi connectivity index (χ2v) is 10.7. The van der Waals surface area contributed by atoms with Gasteiger partial charge in [-0.2, -0.15) is 0 Å². The number of benzene rings is 2. The van der Waals surface area contributed by atoms with E-state index in [9.17, 15) is 15.3 Å². The Hall–Kier alpha value is -2.72. The quantitative estimate of drug-likeness (QED) is 0.138. The molecule has 0 bridgehead atoms. The van der Waals surface area contributed by atoms with Crippen LogP contribution in [0.15, 0.2) is 60.7 Å². The van der Waals surface area contributed by atoms with Gasteiger partial charge in [0.25, 0.3) is 0 Å². The Bertz CT molecular complexity index is 990. The van der Waals surface area contributed by atoms with Crippen molar-refractivity contribution in [1.82, 2.24) is 10.2 Å². The lowest BCUT2D eigenvalue weighted by Gasteiger charge is -2.25. The Morgan fingerprint density at radius 3 is 1.49 bits per heavy atom. The van der Waals surface area contributed by atoms with E-state index < -0.39 is 12.2 Å². The zero-order valence-electron chi connectivity index (χ0n) is 26.9. The molecule has 2 aromatic carbocycles. The fourth-order valence-corrected chi connectivity index (χ4v) is 4.06. The summed E-state index contributed by atoms with van der Waals surface area (Å²) >= 11 is 0. The predicted molar refractivity (Wildman–Crippen MR) is 177 cm³/mol. The van der Waals surface area contributed by atoms with E-state index in [-0.39, 0.29) is 25.3 Å². The molecule has 2 aromatic rings. The summed E-state index contributed by atoms with van der Waals surface area (Å²) in [6.45, 7) is 5.67. The highest BCUT2D eigenvalue weighted by Crippen LogP contribution is 2.16. The first-order valence-corrected chi connectivity index (χ1v) is 15.5. The summed E-state index contributed by atoms with van der Waals surface area (Å²) in [7, 11) is 5.38. The summed E-state index contributed by atoms with van der Waals surface area (Å²) in [5, 5.41) is 41.1. The van der Waals surface area contributed by atoms with Gasteiger partial charge in [-0.1, -0.05) is 88.1 Å². The van der Waals surface area contributed by atoms with Gasteiger partial charge in [0.15, 0.2) is 0 Å². The van der Waals surface area contributed by atoms with Crippen LogP contribution in [0.3, 0.4) is 0 Å². The second-order valence-electron chi connectivity index (χ2n) is 10.7. The number of likely N-dealkylation sites (N-methyl/N-ethyl adjacent to an activating group) is 2. The van der Waals surface area contributed by atoms with E-state index in [0.717, 1.165) is 48.7 Å². The standard InChI is InChI=1S/C18H29NO3.C17H27NO3/c1-4-5-6-13-22-16-10-7-15(8-11-16)9-12-18(21)17(14-20)19(2)3;1-3-4-5-12-21-15-9-6-14(7-10-15)8-11-17(20)16(13-19)18-2/h7-12,17-18,20-21H,4-6,13-14H2,1-3H3;6-11,16-20H,3-5,12-13H2,1-2H3/b12-9+;11-8+/t17-,18+;16-,17+/m11/s1. The molecule has 8 heteroatoms. The molecule has 43 heavy (non-hydrogen) atoms. The van der Waals surface area contributed by atoms with Crippen LogP contribution in [0.1, 0.15) is 63.5 Å². The number of ether oxygens (including phenoxy) is 2. The molecule has 0 aromatic heterocycles. The lowest BCUT2D eigenvalue weighted by atomic mass is 10.1. The van der Waals surface area contributed by atoms with Crippen molar-refractivity contribution in [3.63, 3.8) is 0 Å². The van der Waals surface area contributed by atoms with Gasteiger partial charge in [0, 0.05) is 0 Å². The first kappa shape index (κ1) is 38.3. The molecule has 4 atom stereocenters. The highest BCUT2D eigenvalue weighted by Gasteiger charge is 2.17. The van der Waals surface area contributed by atoms with Gasteiger partial charge in [-0.05, 0) is 69.4 Å². The topological polar surface area (TPSA) is 115 Å². The molecule has 0 saturated carbocycles. The van der Waals surface area contributed by atoms with Crippen molar-refractivity contribution >= 4 is 12.2 Å². The lowest BCUT2D eigenvalue weighted by Crippen LogP contribution is -2.40. The number of aliphatic hydroxyl groups excluding tert-OH is 4. The van der Waals surface area contributed by atoms with Crippen LogP contribution >= 0.6 is 0 Å². The minimum absolute atomic E-state index is 0.0803. The molecule has 0 spiro atoms. The van der Waals surface area contributed by atoms with Crippen LogP contribution in [0.4, 0.5) is 0 Å². The lowest BCUT2D eigenvalue weighted by molar-refractivity contribution is 0.0677. The van der Waals surface area contributed by atoms with Crippen LogP contribution in [0, 0.1) is 0 Å². The minimum atomic E-state index is -0.718. The molecule has 0 saturated heterocycles. The van der Waals surface area contributed by atoms with Crippen molar-refractivity contribution in [2.24, 2.45) is 0 Å². The number of unbranched alkanes of at least 4 members (excludes halogenated alkanes) is 4. The maximum absolute atomic E-state index is 10.0. The van der Waals surface area contributed by atoms with Gasteiger partial charge < -0.3 is 40.1 Å². The zero-order valence-corrected chi connectivity index (χ0v) is 26.9. The maximum Gasteiger partial charge on any atom is 0.119 e. The average molecular weight is 601 g/mol. The van der Waals surface area contributed by atoms with Gasteiger partial charge in [-0.15, -0.1) is 0 Å². The second kappa shape index (κ2) is 23.7. The molecular formula is C35H56N2O6. The number of hydrogen-bond donors (Lipinski definition) is 5. The van der Waals surface area contributed by atoms with Crippen molar-refractivity contribution in [1.29, 1.82) is 0 Å². The van der Waals surface area contributed by atoms with Crippen LogP contribution in [0.5, 0.6) is 11.5 Å². The molecule has 0 fully saturated rings. The smallest absolute Gasteiger partial charge is 0.119 e. The molecular weight excluding hydrogens is 544 g/mol. The molecule has 242 valence electrons. The van der Waals surface area contributed by atoms with E-state index in [4.69, 9.17) is 14.6 Å². The van der Waals surface area contributed by atoms with E-state index in [1.807, 2.05) is 79.7 Å². The van der Waals surface area contributed by atoms with E-state index in [0.29, 0.717) is 0 Å². The van der Waals surface area contributed by atoms with Crippen molar-refractivity contribution < 1.29 is 29.9 Å². The maximum atomic E-state index is 10.0. The number of nitrogens with one attached hydrogen (secondary N) is 1. The van der Waals surface area contributed by atoms with Gasteiger partial charge in [0.05, 0.1) is 50.7 Å². The first-order chi connectivity index (χ1) is 20.8. The Morgan fingerprint density at radius 2 is 1.14 bits per heavy atom. The number of aliphatic hydroxyl groups is 4.